The van der Waals surface area contributed by atoms with Gasteiger partial charge in [-0.1, -0.05) is 17.7 Å². The zero-order valence-electron chi connectivity index (χ0n) is 7.97. The first-order chi connectivity index (χ1) is 5.95. The predicted octanol–water partition coefficient (Wildman–Crippen LogP) is 2.58. The van der Waals surface area contributed by atoms with Crippen LogP contribution in [0.15, 0.2) is 18.2 Å². The molecule has 13 heavy (non-hydrogen) atoms. The normalized spacial score (nSPS) is 11.5. The number of methoxy groups -OCH3 is 1. The Hall–Kier alpha value is -0.730. The van der Waals surface area contributed by atoms with Gasteiger partial charge in [-0.05, 0) is 31.5 Å². The van der Waals surface area contributed by atoms with Gasteiger partial charge < -0.3 is 9.84 Å². The first-order valence-electron chi connectivity index (χ1n) is 4.01. The molecule has 0 aliphatic carbocycles. The summed E-state index contributed by atoms with van der Waals surface area (Å²) in [6, 6.07) is 5.24. The molecule has 72 valence electrons. The quantitative estimate of drug-likeness (QED) is 0.795. The number of rotatable bonds is 2. The summed E-state index contributed by atoms with van der Waals surface area (Å²) >= 11 is 5.84. The molecule has 0 atom stereocenters. The molecule has 0 amide bonds. The maximum atomic E-state index is 9.70. The summed E-state index contributed by atoms with van der Waals surface area (Å²) in [5, 5.41) is 10.3. The molecule has 0 heterocycles. The molecule has 1 aromatic carbocycles. The number of ether oxygens (including phenoxy) is 1. The molecular weight excluding hydrogens is 188 g/mol. The van der Waals surface area contributed by atoms with E-state index < -0.39 is 5.60 Å². The van der Waals surface area contributed by atoms with E-state index in [9.17, 15) is 5.11 Å². The SMILES string of the molecule is COc1cc(C(C)(C)O)ccc1Cl. The van der Waals surface area contributed by atoms with Gasteiger partial charge in [0, 0.05) is 0 Å². The van der Waals surface area contributed by atoms with Crippen LogP contribution in [0.5, 0.6) is 5.75 Å². The second-order valence-electron chi connectivity index (χ2n) is 3.41. The van der Waals surface area contributed by atoms with Crippen LogP contribution < -0.4 is 4.74 Å². The van der Waals surface area contributed by atoms with Crippen LogP contribution in [0.1, 0.15) is 19.4 Å². The Morgan fingerprint density at radius 3 is 2.46 bits per heavy atom. The highest BCUT2D eigenvalue weighted by Crippen LogP contribution is 2.29. The fraction of sp³-hybridized carbons (Fsp3) is 0.400. The van der Waals surface area contributed by atoms with Crippen LogP contribution >= 0.6 is 11.6 Å². The van der Waals surface area contributed by atoms with Crippen molar-refractivity contribution in [1.82, 2.24) is 0 Å². The first-order valence-corrected chi connectivity index (χ1v) is 4.39. The van der Waals surface area contributed by atoms with Gasteiger partial charge in [-0.2, -0.15) is 0 Å². The summed E-state index contributed by atoms with van der Waals surface area (Å²) in [6.45, 7) is 3.44. The Kier molecular flexibility index (Phi) is 2.84. The smallest absolute Gasteiger partial charge is 0.137 e. The zero-order valence-corrected chi connectivity index (χ0v) is 8.72. The van der Waals surface area contributed by atoms with Crippen LogP contribution in [0, 0.1) is 0 Å². The minimum Gasteiger partial charge on any atom is -0.495 e. The third-order valence-electron chi connectivity index (χ3n) is 1.86. The minimum absolute atomic E-state index is 0.551. The highest BCUT2D eigenvalue weighted by Gasteiger charge is 2.17. The number of aliphatic hydroxyl groups is 1. The average molecular weight is 201 g/mol. The van der Waals surface area contributed by atoms with Crippen LogP contribution in [0.3, 0.4) is 0 Å². The van der Waals surface area contributed by atoms with E-state index in [-0.39, 0.29) is 0 Å². The van der Waals surface area contributed by atoms with Gasteiger partial charge in [0.15, 0.2) is 0 Å². The average Bonchev–Trinajstić information content (AvgIpc) is 2.03. The summed E-state index contributed by atoms with van der Waals surface area (Å²) in [4.78, 5) is 0. The second-order valence-corrected chi connectivity index (χ2v) is 3.82. The Bertz CT molecular complexity index is 302. The molecular formula is C10H13ClO2. The zero-order chi connectivity index (χ0) is 10.1. The Balaban J connectivity index is 3.14. The van der Waals surface area contributed by atoms with Crippen molar-refractivity contribution in [3.05, 3.63) is 28.8 Å². The van der Waals surface area contributed by atoms with Crippen molar-refractivity contribution < 1.29 is 9.84 Å². The molecule has 0 bridgehead atoms. The molecule has 0 aliphatic heterocycles. The van der Waals surface area contributed by atoms with E-state index in [0.717, 1.165) is 5.56 Å². The van der Waals surface area contributed by atoms with E-state index in [2.05, 4.69) is 0 Å². The lowest BCUT2D eigenvalue weighted by Gasteiger charge is -2.18. The lowest BCUT2D eigenvalue weighted by Crippen LogP contribution is -2.15. The topological polar surface area (TPSA) is 29.5 Å². The van der Waals surface area contributed by atoms with E-state index >= 15 is 0 Å². The molecule has 0 unspecified atom stereocenters. The van der Waals surface area contributed by atoms with Gasteiger partial charge in [0.1, 0.15) is 5.75 Å². The number of hydrogen-bond donors (Lipinski definition) is 1. The Morgan fingerprint density at radius 1 is 1.38 bits per heavy atom. The summed E-state index contributed by atoms with van der Waals surface area (Å²) in [5.41, 5.74) is -0.0773. The van der Waals surface area contributed by atoms with E-state index in [1.807, 2.05) is 0 Å². The van der Waals surface area contributed by atoms with Crippen molar-refractivity contribution in [3.8, 4) is 5.75 Å². The lowest BCUT2D eigenvalue weighted by atomic mass is 9.98. The largest absolute Gasteiger partial charge is 0.495 e. The molecule has 1 aromatic rings. The van der Waals surface area contributed by atoms with Crippen molar-refractivity contribution in [2.75, 3.05) is 7.11 Å². The van der Waals surface area contributed by atoms with Gasteiger partial charge >= 0.3 is 0 Å². The molecule has 3 heteroatoms. The lowest BCUT2D eigenvalue weighted by molar-refractivity contribution is 0.0783. The number of benzene rings is 1. The third-order valence-corrected chi connectivity index (χ3v) is 2.17. The van der Waals surface area contributed by atoms with Crippen LogP contribution in [0.4, 0.5) is 0 Å². The molecule has 1 N–H and O–H groups in total. The monoisotopic (exact) mass is 200 g/mol. The van der Waals surface area contributed by atoms with Crippen molar-refractivity contribution >= 4 is 11.6 Å². The van der Waals surface area contributed by atoms with Gasteiger partial charge in [0.05, 0.1) is 17.7 Å². The molecule has 0 saturated heterocycles. The van der Waals surface area contributed by atoms with E-state index in [0.29, 0.717) is 10.8 Å². The Morgan fingerprint density at radius 2 is 2.00 bits per heavy atom. The van der Waals surface area contributed by atoms with Crippen molar-refractivity contribution in [1.29, 1.82) is 0 Å². The molecule has 1 rings (SSSR count). The standard InChI is InChI=1S/C10H13ClO2/c1-10(2,12)7-4-5-8(11)9(6-7)13-3/h4-6,12H,1-3H3. The molecule has 0 fully saturated rings. The van der Waals surface area contributed by atoms with Crippen LogP contribution in [0.25, 0.3) is 0 Å². The third kappa shape index (κ3) is 2.36. The molecule has 0 spiro atoms. The summed E-state index contributed by atoms with van der Waals surface area (Å²) in [7, 11) is 1.55. The number of halogens is 1. The second kappa shape index (κ2) is 3.56. The van der Waals surface area contributed by atoms with Crippen LogP contribution in [-0.4, -0.2) is 12.2 Å². The molecule has 0 saturated carbocycles. The molecule has 2 nitrogen and oxygen atoms in total. The molecule has 0 radical (unpaired) electrons. The maximum Gasteiger partial charge on any atom is 0.137 e. The maximum absolute atomic E-state index is 9.70. The van der Waals surface area contributed by atoms with Gasteiger partial charge in [-0.3, -0.25) is 0 Å². The summed E-state index contributed by atoms with van der Waals surface area (Å²) in [5.74, 6) is 0.585. The van der Waals surface area contributed by atoms with E-state index in [1.54, 1.807) is 39.2 Å². The summed E-state index contributed by atoms with van der Waals surface area (Å²) < 4.78 is 5.04. The van der Waals surface area contributed by atoms with Crippen LogP contribution in [0.2, 0.25) is 5.02 Å². The van der Waals surface area contributed by atoms with Crippen molar-refractivity contribution in [3.63, 3.8) is 0 Å². The molecule has 0 aromatic heterocycles. The molecule has 0 aliphatic rings. The van der Waals surface area contributed by atoms with Gasteiger partial charge in [-0.25, -0.2) is 0 Å². The number of hydrogen-bond acceptors (Lipinski definition) is 2. The fourth-order valence-electron chi connectivity index (χ4n) is 1.04. The predicted molar refractivity (Wildman–Crippen MR) is 53.2 cm³/mol. The highest BCUT2D eigenvalue weighted by molar-refractivity contribution is 6.32. The first kappa shape index (κ1) is 10.4. The van der Waals surface area contributed by atoms with E-state index in [4.69, 9.17) is 16.3 Å². The fourth-order valence-corrected chi connectivity index (χ4v) is 1.24. The summed E-state index contributed by atoms with van der Waals surface area (Å²) in [6.07, 6.45) is 0. The minimum atomic E-state index is -0.863. The van der Waals surface area contributed by atoms with Gasteiger partial charge in [0.25, 0.3) is 0 Å². The van der Waals surface area contributed by atoms with Crippen molar-refractivity contribution in [2.45, 2.75) is 19.4 Å². The van der Waals surface area contributed by atoms with Gasteiger partial charge in [-0.15, -0.1) is 0 Å². The van der Waals surface area contributed by atoms with Crippen molar-refractivity contribution in [2.24, 2.45) is 0 Å². The highest BCUT2D eigenvalue weighted by atomic mass is 35.5. The van der Waals surface area contributed by atoms with Crippen LogP contribution in [-0.2, 0) is 5.60 Å². The van der Waals surface area contributed by atoms with E-state index in [1.165, 1.54) is 0 Å². The Labute approximate surface area is 83.1 Å². The van der Waals surface area contributed by atoms with Gasteiger partial charge in [0.2, 0.25) is 0 Å².